The number of amides is 1. The Hall–Kier alpha value is -1.98. The first kappa shape index (κ1) is 22.7. The van der Waals surface area contributed by atoms with Crippen LogP contribution >= 0.6 is 46.6 Å². The number of ether oxygens (including phenoxy) is 4. The number of nitrogens with zero attached hydrogens (tertiary/aromatic N) is 1. The van der Waals surface area contributed by atoms with E-state index < -0.39 is 0 Å². The van der Waals surface area contributed by atoms with Gasteiger partial charge in [0.1, 0.15) is 29.0 Å². The number of benzene rings is 2. The molecule has 0 aromatic heterocycles. The highest BCUT2D eigenvalue weighted by atomic mass is 127. The number of halogens is 1. The molecule has 0 N–H and O–H groups in total. The minimum Gasteiger partial charge on any atom is -0.497 e. The normalized spacial score (nSPS) is 14.9. The molecule has 1 aliphatic heterocycles. The number of likely N-dealkylation sites (N-methyl/N-ethyl adjacent to an activating group) is 1. The van der Waals surface area contributed by atoms with Crippen LogP contribution in [0, 0.1) is 3.57 Å². The molecule has 0 bridgehead atoms. The Balaban J connectivity index is 1.67. The lowest BCUT2D eigenvalue weighted by Gasteiger charge is -2.14. The van der Waals surface area contributed by atoms with Crippen molar-refractivity contribution in [3.05, 3.63) is 50.4 Å². The minimum atomic E-state index is -0.103. The fraction of sp³-hybridized carbons (Fsp3) is 0.238. The molecule has 30 heavy (non-hydrogen) atoms. The molecule has 9 heteroatoms. The molecular weight excluding hydrogens is 537 g/mol. The molecule has 0 unspecified atom stereocenters. The van der Waals surface area contributed by atoms with Gasteiger partial charge in [0.2, 0.25) is 0 Å². The van der Waals surface area contributed by atoms with E-state index in [9.17, 15) is 4.79 Å². The van der Waals surface area contributed by atoms with E-state index in [0.717, 1.165) is 14.9 Å². The Morgan fingerprint density at radius 2 is 1.83 bits per heavy atom. The number of thioether (sulfide) groups is 1. The number of rotatable bonds is 8. The van der Waals surface area contributed by atoms with Crippen molar-refractivity contribution < 1.29 is 23.7 Å². The van der Waals surface area contributed by atoms with Crippen LogP contribution in [0.25, 0.3) is 6.08 Å². The first-order valence-corrected chi connectivity index (χ1v) is 11.2. The fourth-order valence-corrected chi connectivity index (χ4v) is 4.61. The largest absolute Gasteiger partial charge is 0.497 e. The summed E-state index contributed by atoms with van der Waals surface area (Å²) < 4.78 is 23.7. The van der Waals surface area contributed by atoms with Crippen molar-refractivity contribution in [2.45, 2.75) is 0 Å². The van der Waals surface area contributed by atoms with Crippen LogP contribution in [0.2, 0.25) is 0 Å². The number of thiocarbonyl (C=S) groups is 1. The summed E-state index contributed by atoms with van der Waals surface area (Å²) in [4.78, 5) is 14.3. The number of methoxy groups -OCH3 is 2. The molecule has 1 fully saturated rings. The standard InChI is InChI=1S/C21H20INO5S2/c1-23-20(24)18(30-21(23)29)11-13-9-16(22)19(17(10-13)26-3)28-8-7-27-15-6-4-5-14(12-15)25-2/h4-6,9-12H,7-8H2,1-3H3/b18-11-. The molecule has 1 heterocycles. The average molecular weight is 557 g/mol. The van der Waals surface area contributed by atoms with Gasteiger partial charge in [-0.25, -0.2) is 0 Å². The van der Waals surface area contributed by atoms with Crippen LogP contribution in [-0.2, 0) is 4.79 Å². The molecule has 3 rings (SSSR count). The predicted octanol–water partition coefficient (Wildman–Crippen LogP) is 4.60. The molecule has 1 saturated heterocycles. The lowest BCUT2D eigenvalue weighted by Crippen LogP contribution is -2.22. The third-order valence-electron chi connectivity index (χ3n) is 4.18. The van der Waals surface area contributed by atoms with Crippen molar-refractivity contribution in [3.8, 4) is 23.0 Å². The molecule has 0 saturated carbocycles. The van der Waals surface area contributed by atoms with Crippen LogP contribution in [0.4, 0.5) is 0 Å². The van der Waals surface area contributed by atoms with Crippen LogP contribution < -0.4 is 18.9 Å². The fourth-order valence-electron chi connectivity index (χ4n) is 2.65. The first-order valence-electron chi connectivity index (χ1n) is 8.91. The van der Waals surface area contributed by atoms with Gasteiger partial charge in [0, 0.05) is 13.1 Å². The molecule has 1 amide bonds. The van der Waals surface area contributed by atoms with Crippen molar-refractivity contribution in [2.24, 2.45) is 0 Å². The van der Waals surface area contributed by atoms with Crippen molar-refractivity contribution in [1.82, 2.24) is 4.90 Å². The highest BCUT2D eigenvalue weighted by Crippen LogP contribution is 2.37. The molecule has 0 atom stereocenters. The van der Waals surface area contributed by atoms with E-state index in [1.807, 2.05) is 42.5 Å². The zero-order valence-corrected chi connectivity index (χ0v) is 20.4. The third kappa shape index (κ3) is 5.38. The number of hydrogen-bond acceptors (Lipinski definition) is 7. The summed E-state index contributed by atoms with van der Waals surface area (Å²) in [6.07, 6.45) is 1.81. The Labute approximate surface area is 198 Å². The van der Waals surface area contributed by atoms with Gasteiger partial charge in [0.25, 0.3) is 5.91 Å². The van der Waals surface area contributed by atoms with Gasteiger partial charge < -0.3 is 18.9 Å². The Morgan fingerprint density at radius 3 is 2.50 bits per heavy atom. The summed E-state index contributed by atoms with van der Waals surface area (Å²) in [7, 11) is 4.87. The molecule has 158 valence electrons. The van der Waals surface area contributed by atoms with Crippen LogP contribution in [0.3, 0.4) is 0 Å². The van der Waals surface area contributed by atoms with Crippen molar-refractivity contribution in [2.75, 3.05) is 34.5 Å². The van der Waals surface area contributed by atoms with Crippen LogP contribution in [0.15, 0.2) is 41.3 Å². The molecule has 6 nitrogen and oxygen atoms in total. The highest BCUT2D eigenvalue weighted by molar-refractivity contribution is 14.1. The topological polar surface area (TPSA) is 57.2 Å². The van der Waals surface area contributed by atoms with Crippen molar-refractivity contribution in [3.63, 3.8) is 0 Å². The zero-order valence-electron chi connectivity index (χ0n) is 16.6. The van der Waals surface area contributed by atoms with Gasteiger partial charge in [-0.05, 0) is 58.5 Å². The summed E-state index contributed by atoms with van der Waals surface area (Å²) in [6.45, 7) is 0.713. The summed E-state index contributed by atoms with van der Waals surface area (Å²) >= 11 is 8.65. The monoisotopic (exact) mass is 557 g/mol. The van der Waals surface area contributed by atoms with Gasteiger partial charge in [0.05, 0.1) is 22.7 Å². The minimum absolute atomic E-state index is 0.103. The maximum Gasteiger partial charge on any atom is 0.265 e. The van der Waals surface area contributed by atoms with E-state index in [0.29, 0.717) is 39.7 Å². The zero-order chi connectivity index (χ0) is 21.7. The smallest absolute Gasteiger partial charge is 0.265 e. The maximum absolute atomic E-state index is 12.2. The Morgan fingerprint density at radius 1 is 1.10 bits per heavy atom. The third-order valence-corrected chi connectivity index (χ3v) is 6.46. The van der Waals surface area contributed by atoms with Gasteiger partial charge in [0.15, 0.2) is 11.5 Å². The van der Waals surface area contributed by atoms with Gasteiger partial charge in [-0.3, -0.25) is 9.69 Å². The molecule has 0 spiro atoms. The highest BCUT2D eigenvalue weighted by Gasteiger charge is 2.28. The second-order valence-corrected chi connectivity index (χ2v) is 8.99. The summed E-state index contributed by atoms with van der Waals surface area (Å²) in [6, 6.07) is 11.2. The quantitative estimate of drug-likeness (QED) is 0.204. The molecule has 2 aromatic rings. The first-order chi connectivity index (χ1) is 14.4. The van der Waals surface area contributed by atoms with Crippen LogP contribution in [-0.4, -0.2) is 49.6 Å². The summed E-state index contributed by atoms with van der Waals surface area (Å²) in [5.41, 5.74) is 0.838. The van der Waals surface area contributed by atoms with Crippen molar-refractivity contribution >= 4 is 62.9 Å². The van der Waals surface area contributed by atoms with Gasteiger partial charge in [-0.2, -0.15) is 0 Å². The van der Waals surface area contributed by atoms with E-state index in [-0.39, 0.29) is 5.91 Å². The lowest BCUT2D eigenvalue weighted by molar-refractivity contribution is -0.121. The number of hydrogen-bond donors (Lipinski definition) is 0. The maximum atomic E-state index is 12.2. The van der Waals surface area contributed by atoms with Gasteiger partial charge >= 0.3 is 0 Å². The van der Waals surface area contributed by atoms with Crippen molar-refractivity contribution in [1.29, 1.82) is 0 Å². The molecule has 2 aromatic carbocycles. The summed E-state index contributed by atoms with van der Waals surface area (Å²) in [5, 5.41) is 0. The average Bonchev–Trinajstić information content (AvgIpc) is 2.98. The number of carbonyl (C=O) groups excluding carboxylic acids is 1. The number of carbonyl (C=O) groups is 1. The lowest BCUT2D eigenvalue weighted by atomic mass is 10.2. The second kappa shape index (κ2) is 10.4. The van der Waals surface area contributed by atoms with E-state index in [1.54, 1.807) is 21.3 Å². The van der Waals surface area contributed by atoms with E-state index >= 15 is 0 Å². The molecule has 1 aliphatic rings. The van der Waals surface area contributed by atoms with E-state index in [2.05, 4.69) is 22.6 Å². The van der Waals surface area contributed by atoms with E-state index in [1.165, 1.54) is 16.7 Å². The SMILES string of the molecule is COc1cccc(OCCOc2c(I)cc(/C=C3\SC(=S)N(C)C3=O)cc2OC)c1. The van der Waals surface area contributed by atoms with Crippen LogP contribution in [0.5, 0.6) is 23.0 Å². The predicted molar refractivity (Wildman–Crippen MR) is 131 cm³/mol. The van der Waals surface area contributed by atoms with Gasteiger partial charge in [-0.15, -0.1) is 0 Å². The molecule has 0 radical (unpaired) electrons. The Kier molecular flexibility index (Phi) is 7.84. The van der Waals surface area contributed by atoms with Crippen LogP contribution in [0.1, 0.15) is 5.56 Å². The van der Waals surface area contributed by atoms with E-state index in [4.69, 9.17) is 31.2 Å². The van der Waals surface area contributed by atoms with Gasteiger partial charge in [-0.1, -0.05) is 30.0 Å². The Bertz CT molecular complexity index is 995. The second-order valence-electron chi connectivity index (χ2n) is 6.15. The molecular formula is C21H20INO5S2. The molecule has 0 aliphatic carbocycles. The summed E-state index contributed by atoms with van der Waals surface area (Å²) in [5.74, 6) is 2.56.